The van der Waals surface area contributed by atoms with Gasteiger partial charge in [-0.25, -0.2) is 0 Å². The number of rotatable bonds is 5. The van der Waals surface area contributed by atoms with Crippen LogP contribution in [0.3, 0.4) is 0 Å². The predicted molar refractivity (Wildman–Crippen MR) is 77.0 cm³/mol. The van der Waals surface area contributed by atoms with Crippen molar-refractivity contribution in [2.75, 3.05) is 5.32 Å². The van der Waals surface area contributed by atoms with E-state index in [0.29, 0.717) is 6.54 Å². The van der Waals surface area contributed by atoms with E-state index in [4.69, 9.17) is 0 Å². The highest BCUT2D eigenvalue weighted by Crippen LogP contribution is 2.48. The Kier molecular flexibility index (Phi) is 4.12. The van der Waals surface area contributed by atoms with E-state index in [9.17, 15) is 20.2 Å². The summed E-state index contributed by atoms with van der Waals surface area (Å²) in [4.78, 5) is 21.3. The maximum absolute atomic E-state index is 11.0. The highest BCUT2D eigenvalue weighted by Gasteiger charge is 2.35. The Morgan fingerprint density at radius 2 is 1.95 bits per heavy atom. The van der Waals surface area contributed by atoms with Crippen LogP contribution in [0.15, 0.2) is 21.3 Å². The Balaban J connectivity index is 2.32. The SMILES string of the molecule is O=[N+]([O-])c1c(Br)sc(NCc2cccs2)c1[N+](=O)[O-]. The van der Waals surface area contributed by atoms with Crippen LogP contribution in [0.1, 0.15) is 4.88 Å². The van der Waals surface area contributed by atoms with E-state index in [1.54, 1.807) is 0 Å². The summed E-state index contributed by atoms with van der Waals surface area (Å²) in [7, 11) is 0. The summed E-state index contributed by atoms with van der Waals surface area (Å²) in [6, 6.07) is 3.74. The minimum Gasteiger partial charge on any atom is -0.366 e. The Labute approximate surface area is 123 Å². The van der Waals surface area contributed by atoms with E-state index in [0.717, 1.165) is 16.2 Å². The van der Waals surface area contributed by atoms with Gasteiger partial charge >= 0.3 is 11.4 Å². The van der Waals surface area contributed by atoms with Crippen LogP contribution in [-0.2, 0) is 6.54 Å². The monoisotopic (exact) mass is 363 g/mol. The highest BCUT2D eigenvalue weighted by molar-refractivity contribution is 9.11. The van der Waals surface area contributed by atoms with Crippen molar-refractivity contribution in [3.8, 4) is 0 Å². The summed E-state index contributed by atoms with van der Waals surface area (Å²) in [5.74, 6) is 0. The summed E-state index contributed by atoms with van der Waals surface area (Å²) in [6.07, 6.45) is 0. The Bertz CT molecular complexity index is 626. The molecule has 0 spiro atoms. The Morgan fingerprint density at radius 3 is 2.47 bits per heavy atom. The highest BCUT2D eigenvalue weighted by atomic mass is 79.9. The van der Waals surface area contributed by atoms with Gasteiger partial charge in [0, 0.05) is 4.88 Å². The zero-order chi connectivity index (χ0) is 14.0. The van der Waals surface area contributed by atoms with Gasteiger partial charge in [-0.3, -0.25) is 20.2 Å². The molecule has 0 amide bonds. The van der Waals surface area contributed by atoms with Gasteiger partial charge < -0.3 is 5.32 Å². The fourth-order valence-electron chi connectivity index (χ4n) is 1.41. The molecule has 2 aromatic heterocycles. The Hall–Kier alpha value is -1.52. The first-order valence-electron chi connectivity index (χ1n) is 4.88. The summed E-state index contributed by atoms with van der Waals surface area (Å²) < 4.78 is 0.137. The summed E-state index contributed by atoms with van der Waals surface area (Å²) >= 11 is 5.44. The molecule has 0 radical (unpaired) electrons. The number of thiophene rings is 2. The van der Waals surface area contributed by atoms with Crippen LogP contribution in [0, 0.1) is 20.2 Å². The van der Waals surface area contributed by atoms with E-state index in [-0.39, 0.29) is 8.79 Å². The second-order valence-corrected chi connectivity index (χ2v) is 6.72. The first-order chi connectivity index (χ1) is 9.00. The van der Waals surface area contributed by atoms with Gasteiger partial charge in [-0.1, -0.05) is 17.4 Å². The molecule has 0 aliphatic carbocycles. The molecule has 19 heavy (non-hydrogen) atoms. The number of nitrogens with one attached hydrogen (secondary N) is 1. The zero-order valence-corrected chi connectivity index (χ0v) is 12.4. The van der Waals surface area contributed by atoms with Crippen molar-refractivity contribution < 1.29 is 9.85 Å². The molecule has 7 nitrogen and oxygen atoms in total. The van der Waals surface area contributed by atoms with E-state index in [1.165, 1.54) is 11.3 Å². The molecule has 0 saturated heterocycles. The first-order valence-corrected chi connectivity index (χ1v) is 7.37. The van der Waals surface area contributed by atoms with Gasteiger partial charge in [-0.05, 0) is 27.4 Å². The van der Waals surface area contributed by atoms with Crippen LogP contribution in [0.4, 0.5) is 16.4 Å². The summed E-state index contributed by atoms with van der Waals surface area (Å²) in [5, 5.41) is 26.7. The lowest BCUT2D eigenvalue weighted by molar-refractivity contribution is -0.421. The maximum Gasteiger partial charge on any atom is 0.381 e. The molecule has 10 heteroatoms. The van der Waals surface area contributed by atoms with Crippen LogP contribution in [0.2, 0.25) is 0 Å². The maximum atomic E-state index is 11.0. The van der Waals surface area contributed by atoms with E-state index < -0.39 is 21.2 Å². The van der Waals surface area contributed by atoms with Crippen molar-refractivity contribution in [1.82, 2.24) is 0 Å². The van der Waals surface area contributed by atoms with Gasteiger partial charge in [0.2, 0.25) is 0 Å². The van der Waals surface area contributed by atoms with Gasteiger partial charge in [-0.2, -0.15) is 0 Å². The number of nitro groups is 2. The third kappa shape index (κ3) is 2.91. The fourth-order valence-corrected chi connectivity index (χ4v) is 3.74. The quantitative estimate of drug-likeness (QED) is 0.639. The lowest BCUT2D eigenvalue weighted by atomic mass is 10.4. The number of hydrogen-bond acceptors (Lipinski definition) is 7. The van der Waals surface area contributed by atoms with E-state index in [2.05, 4.69) is 21.2 Å². The average Bonchev–Trinajstić information content (AvgIpc) is 2.92. The smallest absolute Gasteiger partial charge is 0.366 e. The number of hydrogen-bond donors (Lipinski definition) is 1. The minimum absolute atomic E-state index is 0.137. The third-order valence-corrected chi connectivity index (χ3v) is 4.84. The molecule has 0 unspecified atom stereocenters. The van der Waals surface area contributed by atoms with Crippen molar-refractivity contribution >= 4 is 55.0 Å². The molecule has 2 rings (SSSR count). The molecule has 0 aliphatic heterocycles. The molecular formula is C9H6BrN3O4S2. The molecule has 2 aromatic rings. The lowest BCUT2D eigenvalue weighted by Gasteiger charge is -2.00. The van der Waals surface area contributed by atoms with Crippen LogP contribution >= 0.6 is 38.6 Å². The normalized spacial score (nSPS) is 10.4. The van der Waals surface area contributed by atoms with Crippen LogP contribution in [-0.4, -0.2) is 9.85 Å². The molecule has 1 N–H and O–H groups in total. The van der Waals surface area contributed by atoms with Crippen molar-refractivity contribution in [2.45, 2.75) is 6.54 Å². The number of anilines is 1. The first kappa shape index (κ1) is 13.9. The standard InChI is InChI=1S/C9H6BrN3O4S2/c10-8-6(12(14)15)7(13(16)17)9(19-8)11-4-5-2-1-3-18-5/h1-3,11H,4H2. The van der Waals surface area contributed by atoms with Crippen molar-refractivity contribution in [3.05, 3.63) is 46.4 Å². The molecule has 0 bridgehead atoms. The zero-order valence-electron chi connectivity index (χ0n) is 9.16. The topological polar surface area (TPSA) is 98.3 Å². The van der Waals surface area contributed by atoms with E-state index >= 15 is 0 Å². The van der Waals surface area contributed by atoms with E-state index in [1.807, 2.05) is 17.5 Å². The van der Waals surface area contributed by atoms with Crippen molar-refractivity contribution in [3.63, 3.8) is 0 Å². The van der Waals surface area contributed by atoms with Crippen LogP contribution < -0.4 is 5.32 Å². The molecular weight excluding hydrogens is 358 g/mol. The van der Waals surface area contributed by atoms with Crippen LogP contribution in [0.25, 0.3) is 0 Å². The van der Waals surface area contributed by atoms with Crippen molar-refractivity contribution in [2.24, 2.45) is 0 Å². The second kappa shape index (κ2) is 5.63. The number of nitrogens with zero attached hydrogens (tertiary/aromatic N) is 2. The fraction of sp³-hybridized carbons (Fsp3) is 0.111. The third-order valence-electron chi connectivity index (χ3n) is 2.19. The molecule has 0 fully saturated rings. The number of halogens is 1. The molecule has 0 aliphatic rings. The molecule has 2 heterocycles. The molecule has 0 saturated carbocycles. The van der Waals surface area contributed by atoms with Gasteiger partial charge in [0.1, 0.15) is 0 Å². The summed E-state index contributed by atoms with van der Waals surface area (Å²) in [6.45, 7) is 0.391. The Morgan fingerprint density at radius 1 is 1.26 bits per heavy atom. The van der Waals surface area contributed by atoms with Crippen molar-refractivity contribution in [1.29, 1.82) is 0 Å². The minimum atomic E-state index is -0.755. The summed E-state index contributed by atoms with van der Waals surface area (Å²) in [5.41, 5.74) is -1.01. The largest absolute Gasteiger partial charge is 0.381 e. The predicted octanol–water partition coefficient (Wildman–Crippen LogP) is 4.00. The van der Waals surface area contributed by atoms with Gasteiger partial charge in [0.15, 0.2) is 8.79 Å². The van der Waals surface area contributed by atoms with Crippen LogP contribution in [0.5, 0.6) is 0 Å². The molecule has 100 valence electrons. The molecule has 0 atom stereocenters. The van der Waals surface area contributed by atoms with Gasteiger partial charge in [-0.15, -0.1) is 11.3 Å². The van der Waals surface area contributed by atoms with Gasteiger partial charge in [0.05, 0.1) is 16.4 Å². The molecule has 0 aromatic carbocycles. The lowest BCUT2D eigenvalue weighted by Crippen LogP contribution is -2.00. The second-order valence-electron chi connectivity index (χ2n) is 3.35. The van der Waals surface area contributed by atoms with Gasteiger partial charge in [0.25, 0.3) is 0 Å². The average molecular weight is 364 g/mol.